The van der Waals surface area contributed by atoms with Gasteiger partial charge in [-0.05, 0) is 52.7 Å². The van der Waals surface area contributed by atoms with Crippen LogP contribution in [-0.4, -0.2) is 57.5 Å². The quantitative estimate of drug-likeness (QED) is 0.603. The van der Waals surface area contributed by atoms with Gasteiger partial charge in [-0.15, -0.1) is 0 Å². The molecular formula is C20H25BrFN3O2S. The highest BCUT2D eigenvalue weighted by molar-refractivity contribution is 9.10. The molecule has 0 aliphatic carbocycles. The van der Waals surface area contributed by atoms with Crippen LogP contribution in [0.2, 0.25) is 0 Å². The van der Waals surface area contributed by atoms with Crippen molar-refractivity contribution in [3.63, 3.8) is 0 Å². The Labute approximate surface area is 174 Å². The van der Waals surface area contributed by atoms with E-state index in [4.69, 9.17) is 0 Å². The number of nitrogens with zero attached hydrogens (tertiary/aromatic N) is 2. The van der Waals surface area contributed by atoms with Gasteiger partial charge in [0.15, 0.2) is 0 Å². The second kappa shape index (κ2) is 9.93. The Morgan fingerprint density at radius 2 is 1.68 bits per heavy atom. The molecule has 0 radical (unpaired) electrons. The Hall–Kier alpha value is -1.32. The Bertz CT molecular complexity index is 872. The van der Waals surface area contributed by atoms with Gasteiger partial charge in [0.1, 0.15) is 5.82 Å². The summed E-state index contributed by atoms with van der Waals surface area (Å²) in [5, 5.41) is 0. The van der Waals surface area contributed by atoms with E-state index in [-0.39, 0.29) is 9.37 Å². The summed E-state index contributed by atoms with van der Waals surface area (Å²) < 4.78 is 40.7. The first kappa shape index (κ1) is 21.4. The average molecular weight is 470 g/mol. The average Bonchev–Trinajstić information content (AvgIpc) is 2.67. The van der Waals surface area contributed by atoms with Gasteiger partial charge in [-0.1, -0.05) is 30.3 Å². The molecule has 0 bridgehead atoms. The number of piperazine rings is 1. The van der Waals surface area contributed by atoms with Crippen molar-refractivity contribution >= 4 is 26.0 Å². The minimum absolute atomic E-state index is 0.0587. The predicted octanol–water partition coefficient (Wildman–Crippen LogP) is 3.07. The van der Waals surface area contributed by atoms with Crippen molar-refractivity contribution in [2.75, 3.05) is 39.3 Å². The van der Waals surface area contributed by atoms with E-state index in [0.717, 1.165) is 57.8 Å². The number of nitrogens with one attached hydrogen (secondary N) is 1. The van der Waals surface area contributed by atoms with E-state index in [2.05, 4.69) is 54.7 Å². The Kier molecular flexibility index (Phi) is 7.59. The Morgan fingerprint density at radius 1 is 1.00 bits per heavy atom. The summed E-state index contributed by atoms with van der Waals surface area (Å²) in [6.07, 6.45) is 0.733. The number of hydrogen-bond acceptors (Lipinski definition) is 4. The highest BCUT2D eigenvalue weighted by Crippen LogP contribution is 2.22. The van der Waals surface area contributed by atoms with Gasteiger partial charge in [-0.2, -0.15) is 0 Å². The molecule has 0 spiro atoms. The minimum atomic E-state index is -3.64. The lowest BCUT2D eigenvalue weighted by atomic mass is 10.2. The third-order valence-electron chi connectivity index (χ3n) is 4.84. The molecule has 0 saturated carbocycles. The molecule has 0 aromatic heterocycles. The maximum atomic E-state index is 13.1. The van der Waals surface area contributed by atoms with E-state index in [1.54, 1.807) is 0 Å². The molecule has 28 heavy (non-hydrogen) atoms. The van der Waals surface area contributed by atoms with Gasteiger partial charge in [0.05, 0.1) is 4.90 Å². The molecule has 5 nitrogen and oxygen atoms in total. The fourth-order valence-electron chi connectivity index (χ4n) is 3.29. The zero-order valence-electron chi connectivity index (χ0n) is 15.7. The number of hydrogen-bond donors (Lipinski definition) is 1. The summed E-state index contributed by atoms with van der Waals surface area (Å²) in [5.41, 5.74) is 1.33. The van der Waals surface area contributed by atoms with Crippen molar-refractivity contribution in [1.82, 2.24) is 14.5 Å². The van der Waals surface area contributed by atoms with Gasteiger partial charge in [0.2, 0.25) is 10.0 Å². The number of sulfonamides is 1. The molecule has 1 aliphatic rings. The molecule has 2 aromatic carbocycles. The van der Waals surface area contributed by atoms with Crippen molar-refractivity contribution in [2.24, 2.45) is 0 Å². The Balaban J connectivity index is 1.38. The number of halogens is 2. The maximum Gasteiger partial charge on any atom is 0.241 e. The van der Waals surface area contributed by atoms with Crippen LogP contribution in [0.25, 0.3) is 0 Å². The van der Waals surface area contributed by atoms with Gasteiger partial charge >= 0.3 is 0 Å². The zero-order chi connectivity index (χ0) is 20.0. The lowest BCUT2D eigenvalue weighted by Crippen LogP contribution is -2.46. The van der Waals surface area contributed by atoms with Crippen LogP contribution in [0.15, 0.2) is 57.9 Å². The first-order valence-corrected chi connectivity index (χ1v) is 11.6. The molecule has 3 rings (SSSR count). The molecular weight excluding hydrogens is 445 g/mol. The van der Waals surface area contributed by atoms with Crippen LogP contribution in [0, 0.1) is 5.82 Å². The monoisotopic (exact) mass is 469 g/mol. The highest BCUT2D eigenvalue weighted by Gasteiger charge is 2.19. The summed E-state index contributed by atoms with van der Waals surface area (Å²) >= 11 is 3.11. The topological polar surface area (TPSA) is 52.7 Å². The molecule has 0 unspecified atom stereocenters. The first-order chi connectivity index (χ1) is 13.4. The summed E-state index contributed by atoms with van der Waals surface area (Å²) in [5.74, 6) is -0.475. The van der Waals surface area contributed by atoms with Crippen LogP contribution in [0.1, 0.15) is 12.0 Å². The third-order valence-corrected chi connectivity index (χ3v) is 7.28. The summed E-state index contributed by atoms with van der Waals surface area (Å²) in [4.78, 5) is 4.87. The van der Waals surface area contributed by atoms with Crippen LogP contribution < -0.4 is 4.72 Å². The minimum Gasteiger partial charge on any atom is -0.301 e. The largest absolute Gasteiger partial charge is 0.301 e. The van der Waals surface area contributed by atoms with Gasteiger partial charge in [0, 0.05) is 43.7 Å². The van der Waals surface area contributed by atoms with Gasteiger partial charge in [-0.3, -0.25) is 4.90 Å². The fraction of sp³-hybridized carbons (Fsp3) is 0.400. The first-order valence-electron chi connectivity index (χ1n) is 9.37. The molecule has 1 fully saturated rings. The summed E-state index contributed by atoms with van der Waals surface area (Å²) in [6.45, 7) is 6.20. The molecule has 8 heteroatoms. The van der Waals surface area contributed by atoms with E-state index < -0.39 is 15.8 Å². The zero-order valence-corrected chi connectivity index (χ0v) is 18.1. The summed E-state index contributed by atoms with van der Waals surface area (Å²) in [7, 11) is -3.64. The second-order valence-corrected chi connectivity index (χ2v) is 9.52. The van der Waals surface area contributed by atoms with Gasteiger partial charge in [0.25, 0.3) is 0 Å². The summed E-state index contributed by atoms with van der Waals surface area (Å²) in [6, 6.07) is 14.0. The van der Waals surface area contributed by atoms with Crippen LogP contribution in [-0.2, 0) is 16.6 Å². The Morgan fingerprint density at radius 3 is 2.36 bits per heavy atom. The van der Waals surface area contributed by atoms with E-state index >= 15 is 0 Å². The van der Waals surface area contributed by atoms with Gasteiger partial charge < -0.3 is 4.90 Å². The normalized spacial score (nSPS) is 16.4. The number of benzene rings is 2. The number of rotatable bonds is 8. The van der Waals surface area contributed by atoms with Crippen molar-refractivity contribution < 1.29 is 12.8 Å². The van der Waals surface area contributed by atoms with Crippen LogP contribution in [0.3, 0.4) is 0 Å². The molecule has 1 N–H and O–H groups in total. The van der Waals surface area contributed by atoms with Crippen LogP contribution in [0.5, 0.6) is 0 Å². The van der Waals surface area contributed by atoms with Crippen LogP contribution in [0.4, 0.5) is 4.39 Å². The fourth-order valence-corrected chi connectivity index (χ4v) is 5.41. The van der Waals surface area contributed by atoms with E-state index in [0.29, 0.717) is 6.54 Å². The SMILES string of the molecule is O=S(=O)(NCCCN1CCN(Cc2ccccc2)CC1)c1ccc(F)cc1Br. The van der Waals surface area contributed by atoms with Crippen molar-refractivity contribution in [3.8, 4) is 0 Å². The lowest BCUT2D eigenvalue weighted by Gasteiger charge is -2.34. The van der Waals surface area contributed by atoms with Gasteiger partial charge in [-0.25, -0.2) is 17.5 Å². The van der Waals surface area contributed by atoms with Crippen molar-refractivity contribution in [2.45, 2.75) is 17.9 Å². The standard InChI is InChI=1S/C20H25BrFN3O2S/c21-19-15-18(22)7-8-20(19)28(26,27)23-9-4-10-24-11-13-25(14-12-24)16-17-5-2-1-3-6-17/h1-3,5-8,15,23H,4,9-14,16H2. The molecule has 0 atom stereocenters. The highest BCUT2D eigenvalue weighted by atomic mass is 79.9. The molecule has 1 heterocycles. The molecule has 152 valence electrons. The maximum absolute atomic E-state index is 13.1. The molecule has 2 aromatic rings. The van der Waals surface area contributed by atoms with E-state index in [9.17, 15) is 12.8 Å². The van der Waals surface area contributed by atoms with Crippen molar-refractivity contribution in [3.05, 3.63) is 64.4 Å². The lowest BCUT2D eigenvalue weighted by molar-refractivity contribution is 0.126. The molecule has 1 aliphatic heterocycles. The molecule has 1 saturated heterocycles. The predicted molar refractivity (Wildman–Crippen MR) is 112 cm³/mol. The smallest absolute Gasteiger partial charge is 0.241 e. The third kappa shape index (κ3) is 6.09. The van der Waals surface area contributed by atoms with Crippen molar-refractivity contribution in [1.29, 1.82) is 0 Å². The molecule has 0 amide bonds. The van der Waals surface area contributed by atoms with Crippen LogP contribution >= 0.6 is 15.9 Å². The second-order valence-electron chi connectivity index (χ2n) is 6.93. The van der Waals surface area contributed by atoms with E-state index in [1.165, 1.54) is 11.6 Å². The van der Waals surface area contributed by atoms with E-state index in [1.807, 2.05) is 6.07 Å².